The Morgan fingerprint density at radius 1 is 1.32 bits per heavy atom. The first-order valence-electron chi connectivity index (χ1n) is 10.5. The molecule has 1 saturated carbocycles. The van der Waals surface area contributed by atoms with Crippen molar-refractivity contribution in [1.29, 1.82) is 0 Å². The van der Waals surface area contributed by atoms with Gasteiger partial charge >= 0.3 is 0 Å². The number of hydrogen-bond acceptors (Lipinski definition) is 8. The maximum Gasteiger partial charge on any atom is 0.185 e. The summed E-state index contributed by atoms with van der Waals surface area (Å²) in [7, 11) is 1.85. The first-order chi connectivity index (χ1) is 15.0. The van der Waals surface area contributed by atoms with Crippen LogP contribution in [0.5, 0.6) is 0 Å². The largest absolute Gasteiger partial charge is 0.387 e. The number of aliphatic hydroxyl groups is 1. The summed E-state index contributed by atoms with van der Waals surface area (Å²) in [6, 6.07) is 3.98. The molecule has 1 fully saturated rings. The van der Waals surface area contributed by atoms with Crippen molar-refractivity contribution < 1.29 is 9.90 Å². The molecule has 31 heavy (non-hydrogen) atoms. The van der Waals surface area contributed by atoms with Crippen LogP contribution >= 0.6 is 11.3 Å². The van der Waals surface area contributed by atoms with E-state index in [9.17, 15) is 9.90 Å². The minimum atomic E-state index is -0.528. The number of carbonyl (C=O) groups is 1. The monoisotopic (exact) mass is 438 g/mol. The van der Waals surface area contributed by atoms with E-state index in [0.717, 1.165) is 63.4 Å². The zero-order chi connectivity index (χ0) is 22.0. The number of aldehydes is 1. The second-order valence-corrected chi connectivity index (χ2v) is 8.69. The SMILES string of the molecule is CCCC(O)c1cc(C)c(-c2cc3nc(NC)sc3n3ncnc23)cn1.O=CC1CC1. The zero-order valence-electron chi connectivity index (χ0n) is 17.9. The molecular weight excluding hydrogens is 412 g/mol. The van der Waals surface area contributed by atoms with Crippen molar-refractivity contribution in [3.8, 4) is 11.1 Å². The fraction of sp³-hybridized carbons (Fsp3) is 0.409. The van der Waals surface area contributed by atoms with Crippen molar-refractivity contribution in [2.24, 2.45) is 5.92 Å². The molecule has 4 aromatic rings. The van der Waals surface area contributed by atoms with Gasteiger partial charge in [-0.05, 0) is 43.9 Å². The van der Waals surface area contributed by atoms with E-state index < -0.39 is 6.10 Å². The number of hydrogen-bond donors (Lipinski definition) is 2. The number of thiazole rings is 1. The van der Waals surface area contributed by atoms with Crippen molar-refractivity contribution in [2.45, 2.75) is 45.6 Å². The number of anilines is 1. The van der Waals surface area contributed by atoms with E-state index in [2.05, 4.69) is 32.3 Å². The number of fused-ring (bicyclic) bond motifs is 3. The lowest BCUT2D eigenvalue weighted by atomic mass is 10.0. The molecule has 0 radical (unpaired) electrons. The van der Waals surface area contributed by atoms with Crippen molar-refractivity contribution in [1.82, 2.24) is 24.6 Å². The lowest BCUT2D eigenvalue weighted by Gasteiger charge is -2.12. The summed E-state index contributed by atoms with van der Waals surface area (Å²) in [4.78, 5) is 24.1. The highest BCUT2D eigenvalue weighted by atomic mass is 32.1. The molecule has 4 heterocycles. The number of nitrogens with one attached hydrogen (secondary N) is 1. The van der Waals surface area contributed by atoms with E-state index in [-0.39, 0.29) is 0 Å². The van der Waals surface area contributed by atoms with Gasteiger partial charge in [-0.25, -0.2) is 14.5 Å². The zero-order valence-corrected chi connectivity index (χ0v) is 18.7. The number of aryl methyl sites for hydroxylation is 1. The normalized spacial score (nSPS) is 14.3. The van der Waals surface area contributed by atoms with Gasteiger partial charge in [0, 0.05) is 30.3 Å². The van der Waals surface area contributed by atoms with Crippen molar-refractivity contribution in [2.75, 3.05) is 12.4 Å². The Balaban J connectivity index is 0.000000407. The Labute approximate surface area is 184 Å². The minimum Gasteiger partial charge on any atom is -0.387 e. The molecular formula is C22H26N6O2S. The molecule has 0 bridgehead atoms. The molecule has 1 atom stereocenters. The molecule has 1 aliphatic rings. The third kappa shape index (κ3) is 4.42. The molecule has 0 saturated heterocycles. The summed E-state index contributed by atoms with van der Waals surface area (Å²) < 4.78 is 1.82. The molecule has 8 nitrogen and oxygen atoms in total. The van der Waals surface area contributed by atoms with Gasteiger partial charge < -0.3 is 15.2 Å². The third-order valence-corrected chi connectivity index (χ3v) is 6.31. The third-order valence-electron chi connectivity index (χ3n) is 5.25. The quantitative estimate of drug-likeness (QED) is 0.435. The number of aromatic nitrogens is 5. The maximum absolute atomic E-state index is 10.2. The van der Waals surface area contributed by atoms with E-state index in [1.165, 1.54) is 0 Å². The van der Waals surface area contributed by atoms with E-state index in [4.69, 9.17) is 0 Å². The van der Waals surface area contributed by atoms with Gasteiger partial charge in [-0.1, -0.05) is 24.7 Å². The molecule has 0 aliphatic heterocycles. The van der Waals surface area contributed by atoms with Crippen LogP contribution in [0.25, 0.3) is 27.1 Å². The number of rotatable bonds is 6. The lowest BCUT2D eigenvalue weighted by Crippen LogP contribution is -2.02. The summed E-state index contributed by atoms with van der Waals surface area (Å²) in [5.74, 6) is 0.454. The molecule has 5 rings (SSSR count). The summed E-state index contributed by atoms with van der Waals surface area (Å²) >= 11 is 1.54. The van der Waals surface area contributed by atoms with Crippen LogP contribution in [0.1, 0.15) is 50.0 Å². The van der Waals surface area contributed by atoms with Gasteiger partial charge in [0.05, 0.1) is 11.8 Å². The van der Waals surface area contributed by atoms with Gasteiger partial charge in [-0.2, -0.15) is 5.10 Å². The topological polar surface area (TPSA) is 105 Å². The average molecular weight is 439 g/mol. The Hall–Kier alpha value is -2.91. The number of aliphatic hydroxyl groups excluding tert-OH is 1. The molecule has 4 aromatic heterocycles. The summed E-state index contributed by atoms with van der Waals surface area (Å²) in [6.07, 6.45) is 7.77. The molecule has 1 aliphatic carbocycles. The minimum absolute atomic E-state index is 0.454. The highest BCUT2D eigenvalue weighted by molar-refractivity contribution is 7.21. The molecule has 1 unspecified atom stereocenters. The van der Waals surface area contributed by atoms with Gasteiger partial charge in [-0.3, -0.25) is 4.98 Å². The van der Waals surface area contributed by atoms with E-state index in [0.29, 0.717) is 18.0 Å². The van der Waals surface area contributed by atoms with Crippen LogP contribution in [0.15, 0.2) is 24.7 Å². The average Bonchev–Trinajstić information content (AvgIpc) is 3.32. The molecule has 0 amide bonds. The van der Waals surface area contributed by atoms with Crippen LogP contribution in [0, 0.1) is 12.8 Å². The Morgan fingerprint density at radius 2 is 2.13 bits per heavy atom. The van der Waals surface area contributed by atoms with Crippen LogP contribution in [0.2, 0.25) is 0 Å². The molecule has 9 heteroatoms. The van der Waals surface area contributed by atoms with E-state index in [1.54, 1.807) is 17.7 Å². The Bertz CT molecular complexity index is 1210. The van der Waals surface area contributed by atoms with Crippen LogP contribution in [-0.4, -0.2) is 43.0 Å². The van der Waals surface area contributed by atoms with Gasteiger partial charge in [0.25, 0.3) is 0 Å². The predicted molar refractivity (Wildman–Crippen MR) is 122 cm³/mol. The number of carbonyl (C=O) groups excluding carboxylic acids is 1. The van der Waals surface area contributed by atoms with Gasteiger partial charge in [0.15, 0.2) is 10.8 Å². The highest BCUT2D eigenvalue weighted by Crippen LogP contribution is 2.34. The van der Waals surface area contributed by atoms with Gasteiger partial charge in [-0.15, -0.1) is 0 Å². The van der Waals surface area contributed by atoms with E-state index in [1.807, 2.05) is 36.8 Å². The van der Waals surface area contributed by atoms with Crippen LogP contribution in [0.4, 0.5) is 5.13 Å². The second kappa shape index (κ2) is 9.07. The van der Waals surface area contributed by atoms with Crippen LogP contribution in [0.3, 0.4) is 0 Å². The van der Waals surface area contributed by atoms with Gasteiger partial charge in [0.1, 0.15) is 23.0 Å². The first kappa shape index (κ1) is 21.3. The fourth-order valence-corrected chi connectivity index (χ4v) is 4.20. The molecule has 0 aromatic carbocycles. The molecule has 0 spiro atoms. The highest BCUT2D eigenvalue weighted by Gasteiger charge is 2.19. The van der Waals surface area contributed by atoms with Crippen LogP contribution < -0.4 is 5.32 Å². The van der Waals surface area contributed by atoms with Crippen molar-refractivity contribution in [3.63, 3.8) is 0 Å². The summed E-state index contributed by atoms with van der Waals surface area (Å²) in [6.45, 7) is 4.07. The standard InChI is InChI=1S/C18H20N6OS.C4H6O/c1-4-5-15(25)13-6-10(2)12(8-20-13)11-7-14-17(26-18(19-3)23-14)24-16(11)21-9-22-24;5-3-4-1-2-4/h6-9,15,25H,4-5H2,1-3H3,(H,19,23);3-4H,1-2H2. The number of pyridine rings is 2. The molecule has 2 N–H and O–H groups in total. The van der Waals surface area contributed by atoms with Crippen LogP contribution in [-0.2, 0) is 4.79 Å². The Kier molecular flexibility index (Phi) is 6.24. The number of nitrogens with zero attached hydrogens (tertiary/aromatic N) is 5. The predicted octanol–water partition coefficient (Wildman–Crippen LogP) is 4.18. The van der Waals surface area contributed by atoms with Gasteiger partial charge in [0.2, 0.25) is 0 Å². The van der Waals surface area contributed by atoms with E-state index >= 15 is 0 Å². The lowest BCUT2D eigenvalue weighted by molar-refractivity contribution is -0.108. The fourth-order valence-electron chi connectivity index (χ4n) is 3.35. The first-order valence-corrected chi connectivity index (χ1v) is 11.3. The Morgan fingerprint density at radius 3 is 2.74 bits per heavy atom. The summed E-state index contributed by atoms with van der Waals surface area (Å²) in [5, 5.41) is 18.5. The molecule has 162 valence electrons. The maximum atomic E-state index is 10.2. The smallest absolute Gasteiger partial charge is 0.185 e. The van der Waals surface area contributed by atoms with Crippen molar-refractivity contribution in [3.05, 3.63) is 35.9 Å². The summed E-state index contributed by atoms with van der Waals surface area (Å²) in [5.41, 5.74) is 5.29. The van der Waals surface area contributed by atoms with Crippen molar-refractivity contribution >= 4 is 38.7 Å². The second-order valence-electron chi connectivity index (χ2n) is 7.71.